The van der Waals surface area contributed by atoms with E-state index < -0.39 is 0 Å². The van der Waals surface area contributed by atoms with Crippen molar-refractivity contribution in [1.82, 2.24) is 15.5 Å². The minimum absolute atomic E-state index is 0.383. The van der Waals surface area contributed by atoms with Gasteiger partial charge in [-0.15, -0.1) is 0 Å². The molecule has 0 bridgehead atoms. The summed E-state index contributed by atoms with van der Waals surface area (Å²) < 4.78 is 5.47. The van der Waals surface area contributed by atoms with Gasteiger partial charge in [-0.25, -0.2) is 0 Å². The maximum atomic E-state index is 5.47. The van der Waals surface area contributed by atoms with E-state index in [0.717, 1.165) is 43.3 Å². The molecule has 0 amide bonds. The Bertz CT molecular complexity index is 596. The molecule has 1 N–H and O–H groups in total. The van der Waals surface area contributed by atoms with Crippen molar-refractivity contribution in [2.45, 2.75) is 31.2 Å². The van der Waals surface area contributed by atoms with Gasteiger partial charge in [0.25, 0.3) is 0 Å². The minimum atomic E-state index is 0.383. The van der Waals surface area contributed by atoms with Crippen LogP contribution in [-0.4, -0.2) is 34.2 Å². The van der Waals surface area contributed by atoms with Gasteiger partial charge in [-0.2, -0.15) is 16.7 Å². The Kier molecular flexibility index (Phi) is 3.69. The second-order valence-electron chi connectivity index (χ2n) is 5.85. The van der Waals surface area contributed by atoms with Gasteiger partial charge in [0.1, 0.15) is 0 Å². The zero-order valence-corrected chi connectivity index (χ0v) is 12.7. The molecule has 1 aromatic heterocycles. The minimum Gasteiger partial charge on any atom is -0.339 e. The lowest BCUT2D eigenvalue weighted by atomic mass is 10.1. The lowest BCUT2D eigenvalue weighted by Gasteiger charge is -2.21. The van der Waals surface area contributed by atoms with Crippen molar-refractivity contribution in [1.29, 1.82) is 0 Å². The molecule has 1 atom stereocenters. The quantitative estimate of drug-likeness (QED) is 0.942. The van der Waals surface area contributed by atoms with E-state index in [0.29, 0.717) is 12.0 Å². The van der Waals surface area contributed by atoms with Crippen LogP contribution in [0.2, 0.25) is 0 Å². The van der Waals surface area contributed by atoms with Crippen molar-refractivity contribution in [2.24, 2.45) is 0 Å². The number of nitrogens with zero attached hydrogens (tertiary/aromatic N) is 2. The van der Waals surface area contributed by atoms with Crippen molar-refractivity contribution in [3.8, 4) is 0 Å². The average Bonchev–Trinajstić information content (AvgIpc) is 3.14. The smallest absolute Gasteiger partial charge is 0.228 e. The van der Waals surface area contributed by atoms with Crippen LogP contribution in [-0.2, 0) is 19.3 Å². The first-order valence-corrected chi connectivity index (χ1v) is 8.74. The summed E-state index contributed by atoms with van der Waals surface area (Å²) >= 11 is 1.99. The van der Waals surface area contributed by atoms with E-state index in [1.807, 2.05) is 11.8 Å². The molecular weight excluding hydrogens is 282 g/mol. The molecule has 1 fully saturated rings. The summed E-state index contributed by atoms with van der Waals surface area (Å²) in [5.74, 6) is 4.37. The topological polar surface area (TPSA) is 51.0 Å². The highest BCUT2D eigenvalue weighted by Gasteiger charge is 2.27. The second kappa shape index (κ2) is 5.81. The van der Waals surface area contributed by atoms with Crippen molar-refractivity contribution in [3.63, 3.8) is 0 Å². The van der Waals surface area contributed by atoms with E-state index in [1.165, 1.54) is 16.9 Å². The van der Waals surface area contributed by atoms with Crippen LogP contribution < -0.4 is 5.32 Å². The number of hydrogen-bond acceptors (Lipinski definition) is 5. The number of aromatic nitrogens is 2. The summed E-state index contributed by atoms with van der Waals surface area (Å²) in [6.45, 7) is 1.08. The van der Waals surface area contributed by atoms with Gasteiger partial charge in [0.05, 0.1) is 0 Å². The molecule has 4 rings (SSSR count). The number of hydrogen-bond donors (Lipinski definition) is 1. The van der Waals surface area contributed by atoms with Crippen LogP contribution in [0.1, 0.15) is 28.8 Å². The van der Waals surface area contributed by atoms with E-state index in [2.05, 4.69) is 39.7 Å². The fourth-order valence-corrected chi connectivity index (χ4v) is 4.17. The Morgan fingerprint density at radius 3 is 2.76 bits per heavy atom. The van der Waals surface area contributed by atoms with Gasteiger partial charge in [-0.1, -0.05) is 29.4 Å². The Labute approximate surface area is 128 Å². The Hall–Kier alpha value is -1.33. The predicted octanol–water partition coefficient (Wildman–Crippen LogP) is 2.20. The van der Waals surface area contributed by atoms with Gasteiger partial charge in [0.15, 0.2) is 5.82 Å². The summed E-state index contributed by atoms with van der Waals surface area (Å²) in [5.41, 5.74) is 2.86. The number of fused-ring (bicyclic) bond motifs is 1. The normalized spacial score (nSPS) is 22.4. The van der Waals surface area contributed by atoms with Crippen LogP contribution in [0.5, 0.6) is 0 Å². The third-order valence-electron chi connectivity index (χ3n) is 4.32. The predicted molar refractivity (Wildman–Crippen MR) is 83.7 cm³/mol. The van der Waals surface area contributed by atoms with Crippen LogP contribution in [0.4, 0.5) is 0 Å². The molecule has 0 spiro atoms. The highest BCUT2D eigenvalue weighted by molar-refractivity contribution is 7.99. The number of thioether (sulfide) groups is 1. The highest BCUT2D eigenvalue weighted by atomic mass is 32.2. The van der Waals surface area contributed by atoms with Crippen LogP contribution in [0.3, 0.4) is 0 Å². The van der Waals surface area contributed by atoms with E-state index in [-0.39, 0.29) is 0 Å². The standard InChI is InChI=1S/C16H19N3OS/c1-2-4-12-8-13(7-11(12)3-1)16-18-15(20-19-16)9-14-10-21-6-5-17-14/h1-4,13-14,17H,5-10H2. The lowest BCUT2D eigenvalue weighted by molar-refractivity contribution is 0.356. The third kappa shape index (κ3) is 2.85. The molecule has 2 heterocycles. The van der Waals surface area contributed by atoms with Crippen LogP contribution in [0.15, 0.2) is 28.8 Å². The summed E-state index contributed by atoms with van der Waals surface area (Å²) in [5, 5.41) is 7.74. The SMILES string of the molecule is c1ccc2c(c1)CC(c1noc(CC3CSCCN3)n1)C2. The zero-order valence-electron chi connectivity index (χ0n) is 11.9. The molecule has 2 aromatic rings. The fourth-order valence-electron chi connectivity index (χ4n) is 3.22. The second-order valence-corrected chi connectivity index (χ2v) is 7.00. The molecule has 1 aromatic carbocycles. The number of nitrogens with one attached hydrogen (secondary N) is 1. The van der Waals surface area contributed by atoms with Crippen molar-refractivity contribution in [2.75, 3.05) is 18.1 Å². The molecule has 2 aliphatic rings. The van der Waals surface area contributed by atoms with Crippen molar-refractivity contribution >= 4 is 11.8 Å². The van der Waals surface area contributed by atoms with Gasteiger partial charge in [0, 0.05) is 36.4 Å². The molecule has 0 saturated carbocycles. The van der Waals surface area contributed by atoms with Gasteiger partial charge < -0.3 is 9.84 Å². The largest absolute Gasteiger partial charge is 0.339 e. The van der Waals surface area contributed by atoms with Crippen molar-refractivity contribution < 1.29 is 4.52 Å². The Morgan fingerprint density at radius 1 is 1.24 bits per heavy atom. The first-order chi connectivity index (χ1) is 10.4. The van der Waals surface area contributed by atoms with E-state index >= 15 is 0 Å². The maximum absolute atomic E-state index is 5.47. The molecule has 0 radical (unpaired) electrons. The summed E-state index contributed by atoms with van der Waals surface area (Å²) in [7, 11) is 0. The molecule has 21 heavy (non-hydrogen) atoms. The summed E-state index contributed by atoms with van der Waals surface area (Å²) in [6, 6.07) is 9.10. The van der Waals surface area contributed by atoms with E-state index in [1.54, 1.807) is 0 Å². The van der Waals surface area contributed by atoms with Crippen LogP contribution in [0.25, 0.3) is 0 Å². The molecule has 1 unspecified atom stereocenters. The maximum Gasteiger partial charge on any atom is 0.228 e. The van der Waals surface area contributed by atoms with Gasteiger partial charge in [-0.05, 0) is 24.0 Å². The molecule has 1 aliphatic heterocycles. The molecule has 4 nitrogen and oxygen atoms in total. The number of benzene rings is 1. The summed E-state index contributed by atoms with van der Waals surface area (Å²) in [6.07, 6.45) is 2.92. The van der Waals surface area contributed by atoms with Gasteiger partial charge in [0.2, 0.25) is 5.89 Å². The molecule has 1 saturated heterocycles. The van der Waals surface area contributed by atoms with Crippen LogP contribution >= 0.6 is 11.8 Å². The molecular formula is C16H19N3OS. The van der Waals surface area contributed by atoms with Crippen molar-refractivity contribution in [3.05, 3.63) is 47.1 Å². The monoisotopic (exact) mass is 301 g/mol. The van der Waals surface area contributed by atoms with Gasteiger partial charge in [-0.3, -0.25) is 0 Å². The lowest BCUT2D eigenvalue weighted by Crippen LogP contribution is -2.38. The third-order valence-corrected chi connectivity index (χ3v) is 5.45. The zero-order chi connectivity index (χ0) is 14.1. The fraction of sp³-hybridized carbons (Fsp3) is 0.500. The van der Waals surface area contributed by atoms with Gasteiger partial charge >= 0.3 is 0 Å². The van der Waals surface area contributed by atoms with Crippen LogP contribution in [0, 0.1) is 0 Å². The average molecular weight is 301 g/mol. The first kappa shape index (κ1) is 13.3. The summed E-state index contributed by atoms with van der Waals surface area (Å²) in [4.78, 5) is 4.64. The number of rotatable bonds is 3. The Morgan fingerprint density at radius 2 is 2.05 bits per heavy atom. The Balaban J connectivity index is 1.43. The molecule has 1 aliphatic carbocycles. The van der Waals surface area contributed by atoms with E-state index in [4.69, 9.17) is 4.52 Å². The highest BCUT2D eigenvalue weighted by Crippen LogP contribution is 2.32. The first-order valence-electron chi connectivity index (χ1n) is 7.59. The van der Waals surface area contributed by atoms with E-state index in [9.17, 15) is 0 Å². The molecule has 110 valence electrons. The molecule has 5 heteroatoms.